The van der Waals surface area contributed by atoms with Gasteiger partial charge in [0.15, 0.2) is 0 Å². The first-order valence-corrected chi connectivity index (χ1v) is 15.8. The molecule has 0 aromatic heterocycles. The van der Waals surface area contributed by atoms with Crippen molar-refractivity contribution < 1.29 is 18.0 Å². The molecule has 220 valence electrons. The van der Waals surface area contributed by atoms with Gasteiger partial charge in [-0.3, -0.25) is 13.9 Å². The number of rotatable bonds is 13. The minimum atomic E-state index is -4.14. The van der Waals surface area contributed by atoms with Gasteiger partial charge in [0.2, 0.25) is 11.8 Å². The average Bonchev–Trinajstić information content (AvgIpc) is 2.93. The normalized spacial score (nSPS) is 12.0. The van der Waals surface area contributed by atoms with Crippen LogP contribution in [0.2, 0.25) is 10.0 Å². The third kappa shape index (κ3) is 8.24. The molecule has 3 rings (SSSR count). The smallest absolute Gasteiger partial charge is 0.264 e. The summed E-state index contributed by atoms with van der Waals surface area (Å²) in [7, 11) is -4.14. The highest BCUT2D eigenvalue weighted by Gasteiger charge is 2.34. The Morgan fingerprint density at radius 2 is 1.63 bits per heavy atom. The number of amides is 2. The Hall–Kier alpha value is -3.07. The number of sulfonamides is 1. The van der Waals surface area contributed by atoms with E-state index in [4.69, 9.17) is 23.2 Å². The highest BCUT2D eigenvalue weighted by atomic mass is 35.5. The van der Waals surface area contributed by atoms with E-state index in [1.54, 1.807) is 61.5 Å². The second-order valence-corrected chi connectivity index (χ2v) is 12.6. The third-order valence-electron chi connectivity index (χ3n) is 6.84. The van der Waals surface area contributed by atoms with Crippen LogP contribution in [0.4, 0.5) is 5.69 Å². The summed E-state index contributed by atoms with van der Waals surface area (Å²) in [6.07, 6.45) is 2.03. The van der Waals surface area contributed by atoms with Gasteiger partial charge in [0, 0.05) is 23.1 Å². The number of hydrogen-bond acceptors (Lipinski definition) is 4. The van der Waals surface area contributed by atoms with Crippen LogP contribution < -0.4 is 9.62 Å². The SMILES string of the molecule is CCCCNC(=O)[C@@H](CC)N(Cc1ccc(Cl)cc1Cl)C(=O)CN(c1ccccc1C)S(=O)(=O)c1ccc(C)cc1. The number of halogens is 2. The molecular weight excluding hydrogens is 581 g/mol. The largest absolute Gasteiger partial charge is 0.354 e. The summed E-state index contributed by atoms with van der Waals surface area (Å²) in [6.45, 7) is 7.47. The van der Waals surface area contributed by atoms with Crippen LogP contribution in [0.3, 0.4) is 0 Å². The Bertz CT molecular complexity index is 1460. The number of carbonyl (C=O) groups excluding carboxylic acids is 2. The maximum Gasteiger partial charge on any atom is 0.264 e. The standard InChI is InChI=1S/C31H37Cl2N3O4S/c1-5-7-18-34-31(38)28(6-2)35(20-24-14-15-25(32)19-27(24)33)30(37)21-36(29-11-9-8-10-23(29)4)41(39,40)26-16-12-22(3)13-17-26/h8-17,19,28H,5-7,18,20-21H2,1-4H3,(H,34,38)/t28-/m1/s1. The first-order valence-electron chi connectivity index (χ1n) is 13.7. The summed E-state index contributed by atoms with van der Waals surface area (Å²) in [4.78, 5) is 28.9. The maximum atomic E-state index is 14.2. The molecule has 0 aliphatic heterocycles. The van der Waals surface area contributed by atoms with Gasteiger partial charge in [0.05, 0.1) is 10.6 Å². The Balaban J connectivity index is 2.07. The van der Waals surface area contributed by atoms with Crippen molar-refractivity contribution in [2.75, 3.05) is 17.4 Å². The molecule has 7 nitrogen and oxygen atoms in total. The maximum absolute atomic E-state index is 14.2. The highest BCUT2D eigenvalue weighted by molar-refractivity contribution is 7.92. The van der Waals surface area contributed by atoms with E-state index in [1.807, 2.05) is 20.8 Å². The van der Waals surface area contributed by atoms with Gasteiger partial charge in [-0.15, -0.1) is 0 Å². The van der Waals surface area contributed by atoms with Gasteiger partial charge in [-0.1, -0.05) is 85.4 Å². The molecule has 3 aromatic rings. The molecule has 0 radical (unpaired) electrons. The lowest BCUT2D eigenvalue weighted by atomic mass is 10.1. The van der Waals surface area contributed by atoms with Crippen LogP contribution in [0, 0.1) is 13.8 Å². The number of benzene rings is 3. The first kappa shape index (κ1) is 32.4. The minimum Gasteiger partial charge on any atom is -0.354 e. The van der Waals surface area contributed by atoms with E-state index >= 15 is 0 Å². The lowest BCUT2D eigenvalue weighted by molar-refractivity contribution is -0.140. The lowest BCUT2D eigenvalue weighted by Crippen LogP contribution is -2.52. The highest BCUT2D eigenvalue weighted by Crippen LogP contribution is 2.29. The predicted molar refractivity (Wildman–Crippen MR) is 166 cm³/mol. The molecule has 0 bridgehead atoms. The fourth-order valence-electron chi connectivity index (χ4n) is 4.45. The molecule has 0 spiro atoms. The van der Waals surface area contributed by atoms with E-state index in [0.29, 0.717) is 39.8 Å². The Morgan fingerprint density at radius 1 is 0.951 bits per heavy atom. The first-order chi connectivity index (χ1) is 19.5. The van der Waals surface area contributed by atoms with Gasteiger partial charge in [-0.25, -0.2) is 8.42 Å². The monoisotopic (exact) mass is 617 g/mol. The van der Waals surface area contributed by atoms with Gasteiger partial charge < -0.3 is 10.2 Å². The number of aryl methyl sites for hydroxylation is 2. The molecule has 10 heteroatoms. The molecule has 0 fully saturated rings. The summed E-state index contributed by atoms with van der Waals surface area (Å²) in [6, 6.07) is 17.6. The zero-order chi connectivity index (χ0) is 30.2. The zero-order valence-corrected chi connectivity index (χ0v) is 26.2. The summed E-state index contributed by atoms with van der Waals surface area (Å²) in [5.74, 6) is -0.837. The van der Waals surface area contributed by atoms with E-state index in [2.05, 4.69) is 5.32 Å². The summed E-state index contributed by atoms with van der Waals surface area (Å²) >= 11 is 12.6. The van der Waals surface area contributed by atoms with Crippen LogP contribution in [0.5, 0.6) is 0 Å². The van der Waals surface area contributed by atoms with Crippen molar-refractivity contribution in [2.45, 2.75) is 64.4 Å². The molecule has 0 saturated heterocycles. The second-order valence-electron chi connectivity index (χ2n) is 9.94. The van der Waals surface area contributed by atoms with Gasteiger partial charge in [0.25, 0.3) is 10.0 Å². The van der Waals surface area contributed by atoms with Crippen LogP contribution in [0.25, 0.3) is 0 Å². The number of hydrogen-bond donors (Lipinski definition) is 1. The van der Waals surface area contributed by atoms with Crippen molar-refractivity contribution in [3.05, 3.63) is 93.5 Å². The number of nitrogens with zero attached hydrogens (tertiary/aromatic N) is 2. The third-order valence-corrected chi connectivity index (χ3v) is 9.20. The van der Waals surface area contributed by atoms with Crippen molar-refractivity contribution in [1.82, 2.24) is 10.2 Å². The van der Waals surface area contributed by atoms with E-state index in [1.165, 1.54) is 17.0 Å². The lowest BCUT2D eigenvalue weighted by Gasteiger charge is -2.33. The molecule has 0 aliphatic rings. The van der Waals surface area contributed by atoms with E-state index < -0.39 is 28.5 Å². The topological polar surface area (TPSA) is 86.8 Å². The minimum absolute atomic E-state index is 0.000725. The zero-order valence-electron chi connectivity index (χ0n) is 23.9. The predicted octanol–water partition coefficient (Wildman–Crippen LogP) is 6.53. The number of unbranched alkanes of at least 4 members (excludes halogenated alkanes) is 1. The van der Waals surface area contributed by atoms with Crippen LogP contribution >= 0.6 is 23.2 Å². The van der Waals surface area contributed by atoms with E-state index in [-0.39, 0.29) is 17.3 Å². The van der Waals surface area contributed by atoms with Crippen LogP contribution in [-0.2, 0) is 26.2 Å². The average molecular weight is 619 g/mol. The quantitative estimate of drug-likeness (QED) is 0.221. The molecule has 1 N–H and O–H groups in total. The molecule has 0 heterocycles. The Labute approximate surface area is 253 Å². The molecule has 1 atom stereocenters. The van der Waals surface area contributed by atoms with Crippen LogP contribution in [0.15, 0.2) is 71.6 Å². The van der Waals surface area contributed by atoms with E-state index in [9.17, 15) is 18.0 Å². The molecular formula is C31H37Cl2N3O4S. The van der Waals surface area contributed by atoms with Gasteiger partial charge >= 0.3 is 0 Å². The van der Waals surface area contributed by atoms with Crippen molar-refractivity contribution >= 4 is 50.7 Å². The van der Waals surface area contributed by atoms with Gasteiger partial charge in [-0.2, -0.15) is 0 Å². The fraction of sp³-hybridized carbons (Fsp3) is 0.355. The summed E-state index contributed by atoms with van der Waals surface area (Å²) < 4.78 is 29.1. The number of para-hydroxylation sites is 1. The fourth-order valence-corrected chi connectivity index (χ4v) is 6.40. The van der Waals surface area contributed by atoms with E-state index in [0.717, 1.165) is 22.7 Å². The molecule has 0 saturated carbocycles. The van der Waals surface area contributed by atoms with Crippen LogP contribution in [-0.4, -0.2) is 44.3 Å². The molecule has 41 heavy (non-hydrogen) atoms. The Morgan fingerprint density at radius 3 is 2.24 bits per heavy atom. The molecule has 2 amide bonds. The summed E-state index contributed by atoms with van der Waals surface area (Å²) in [5.41, 5.74) is 2.57. The van der Waals surface area contributed by atoms with Gasteiger partial charge in [-0.05, 0) is 68.1 Å². The molecule has 0 unspecified atom stereocenters. The van der Waals surface area contributed by atoms with Crippen molar-refractivity contribution in [2.24, 2.45) is 0 Å². The second kappa shape index (κ2) is 14.7. The Kier molecular flexibility index (Phi) is 11.6. The molecule has 3 aromatic carbocycles. The van der Waals surface area contributed by atoms with Crippen molar-refractivity contribution in [1.29, 1.82) is 0 Å². The van der Waals surface area contributed by atoms with Crippen molar-refractivity contribution in [3.63, 3.8) is 0 Å². The van der Waals surface area contributed by atoms with Gasteiger partial charge in [0.1, 0.15) is 12.6 Å². The summed E-state index contributed by atoms with van der Waals surface area (Å²) in [5, 5.41) is 3.70. The van der Waals surface area contributed by atoms with Crippen molar-refractivity contribution in [3.8, 4) is 0 Å². The number of nitrogens with one attached hydrogen (secondary N) is 1. The number of carbonyl (C=O) groups is 2. The van der Waals surface area contributed by atoms with Crippen LogP contribution in [0.1, 0.15) is 49.8 Å². The number of anilines is 1. The molecule has 0 aliphatic carbocycles.